The number of pyridine rings is 1. The molecule has 0 aromatic carbocycles. The van der Waals surface area contributed by atoms with Crippen molar-refractivity contribution in [1.29, 1.82) is 0 Å². The summed E-state index contributed by atoms with van der Waals surface area (Å²) in [4.78, 5) is 6.62. The van der Waals surface area contributed by atoms with Gasteiger partial charge in [0, 0.05) is 18.3 Å². The highest BCUT2D eigenvalue weighted by atomic mass is 16.3. The van der Waals surface area contributed by atoms with Gasteiger partial charge in [0.15, 0.2) is 0 Å². The third-order valence-electron chi connectivity index (χ3n) is 3.05. The molecule has 96 valence electrons. The number of nitrogens with zero attached hydrogens (tertiary/aromatic N) is 2. The minimum Gasteiger partial charge on any atom is -0.506 e. The summed E-state index contributed by atoms with van der Waals surface area (Å²) >= 11 is 0. The number of aromatic hydroxyl groups is 1. The van der Waals surface area contributed by atoms with Gasteiger partial charge in [-0.15, -0.1) is 0 Å². The Morgan fingerprint density at radius 3 is 2.53 bits per heavy atom. The Bertz CT molecular complexity index is 363. The molecule has 0 saturated heterocycles. The first kappa shape index (κ1) is 14.0. The van der Waals surface area contributed by atoms with Crippen LogP contribution >= 0.6 is 0 Å². The second-order valence-corrected chi connectivity index (χ2v) is 5.31. The molecule has 0 aliphatic rings. The Hall–Kier alpha value is -1.09. The summed E-state index contributed by atoms with van der Waals surface area (Å²) in [5.74, 6) is 0.978. The minimum absolute atomic E-state index is 0.291. The zero-order chi connectivity index (χ0) is 13.0. The van der Waals surface area contributed by atoms with Gasteiger partial charge in [-0.1, -0.05) is 13.8 Å². The Morgan fingerprint density at radius 2 is 1.94 bits per heavy atom. The van der Waals surface area contributed by atoms with E-state index in [1.54, 1.807) is 6.07 Å². The van der Waals surface area contributed by atoms with E-state index in [9.17, 15) is 5.11 Å². The highest BCUT2D eigenvalue weighted by Crippen LogP contribution is 2.18. The third-order valence-corrected chi connectivity index (χ3v) is 3.05. The lowest BCUT2D eigenvalue weighted by molar-refractivity contribution is 0.215. The van der Waals surface area contributed by atoms with E-state index in [0.717, 1.165) is 17.8 Å². The molecule has 1 aromatic rings. The predicted octanol–water partition coefficient (Wildman–Crippen LogP) is 2.96. The number of aromatic nitrogens is 1. The van der Waals surface area contributed by atoms with Crippen LogP contribution in [0.5, 0.6) is 5.75 Å². The van der Waals surface area contributed by atoms with Crippen LogP contribution in [0.1, 0.15) is 38.6 Å². The van der Waals surface area contributed by atoms with Crippen molar-refractivity contribution in [3.63, 3.8) is 0 Å². The smallest absolute Gasteiger partial charge is 0.138 e. The van der Waals surface area contributed by atoms with Crippen molar-refractivity contribution >= 4 is 0 Å². The van der Waals surface area contributed by atoms with Crippen LogP contribution in [0.25, 0.3) is 0 Å². The van der Waals surface area contributed by atoms with Crippen molar-refractivity contribution in [3.8, 4) is 5.75 Å². The Balaban J connectivity index is 2.67. The largest absolute Gasteiger partial charge is 0.506 e. The molecular weight excluding hydrogens is 212 g/mol. The minimum atomic E-state index is 0.291. The SMILES string of the molecule is Cc1ccc(O)c(CN(C)C(C)CC(C)C)n1. The molecule has 3 nitrogen and oxygen atoms in total. The summed E-state index contributed by atoms with van der Waals surface area (Å²) in [6.07, 6.45) is 1.16. The molecule has 0 spiro atoms. The highest BCUT2D eigenvalue weighted by molar-refractivity contribution is 5.27. The van der Waals surface area contributed by atoms with E-state index in [0.29, 0.717) is 24.3 Å². The lowest BCUT2D eigenvalue weighted by Gasteiger charge is -2.26. The van der Waals surface area contributed by atoms with Crippen LogP contribution in [0.4, 0.5) is 0 Å². The fourth-order valence-corrected chi connectivity index (χ4v) is 1.97. The molecule has 1 atom stereocenters. The van der Waals surface area contributed by atoms with Crippen molar-refractivity contribution in [2.75, 3.05) is 7.05 Å². The van der Waals surface area contributed by atoms with Gasteiger partial charge < -0.3 is 5.11 Å². The van der Waals surface area contributed by atoms with Crippen LogP contribution in [0.15, 0.2) is 12.1 Å². The zero-order valence-electron chi connectivity index (χ0n) is 11.6. The summed E-state index contributed by atoms with van der Waals surface area (Å²) in [6.45, 7) is 9.31. The van der Waals surface area contributed by atoms with Crippen LogP contribution < -0.4 is 0 Å². The summed E-state index contributed by atoms with van der Waals surface area (Å²) in [5, 5.41) is 9.76. The molecule has 17 heavy (non-hydrogen) atoms. The first-order valence-electron chi connectivity index (χ1n) is 6.26. The number of hydrogen-bond acceptors (Lipinski definition) is 3. The molecular formula is C14H24N2O. The van der Waals surface area contributed by atoms with Crippen LogP contribution in [-0.4, -0.2) is 28.1 Å². The molecule has 1 N–H and O–H groups in total. The normalized spacial score (nSPS) is 13.4. The molecule has 0 radical (unpaired) electrons. The average molecular weight is 236 g/mol. The molecule has 0 amide bonds. The number of aryl methyl sites for hydroxylation is 1. The van der Waals surface area contributed by atoms with Crippen LogP contribution in [-0.2, 0) is 6.54 Å². The van der Waals surface area contributed by atoms with Gasteiger partial charge in [-0.05, 0) is 45.4 Å². The summed E-state index contributed by atoms with van der Waals surface area (Å²) in [7, 11) is 2.08. The molecule has 1 aromatic heterocycles. The van der Waals surface area contributed by atoms with Gasteiger partial charge >= 0.3 is 0 Å². The maximum Gasteiger partial charge on any atom is 0.138 e. The molecule has 0 aliphatic carbocycles. The summed E-state index contributed by atoms with van der Waals surface area (Å²) < 4.78 is 0. The lowest BCUT2D eigenvalue weighted by atomic mass is 10.0. The lowest BCUT2D eigenvalue weighted by Crippen LogP contribution is -2.30. The highest BCUT2D eigenvalue weighted by Gasteiger charge is 2.13. The van der Waals surface area contributed by atoms with E-state index in [1.165, 1.54) is 0 Å². The van der Waals surface area contributed by atoms with Gasteiger partial charge in [0.1, 0.15) is 5.75 Å². The molecule has 0 aliphatic heterocycles. The van der Waals surface area contributed by atoms with E-state index in [1.807, 2.05) is 13.0 Å². The van der Waals surface area contributed by atoms with E-state index in [4.69, 9.17) is 0 Å². The maximum atomic E-state index is 9.76. The first-order chi connectivity index (χ1) is 7.90. The Labute approximate surface area is 104 Å². The third kappa shape index (κ3) is 4.35. The molecule has 3 heteroatoms. The topological polar surface area (TPSA) is 36.4 Å². The predicted molar refractivity (Wildman–Crippen MR) is 71.0 cm³/mol. The van der Waals surface area contributed by atoms with Gasteiger partial charge in [0.2, 0.25) is 0 Å². The molecule has 1 rings (SSSR count). The van der Waals surface area contributed by atoms with E-state index < -0.39 is 0 Å². The van der Waals surface area contributed by atoms with Gasteiger partial charge in [0.25, 0.3) is 0 Å². The van der Waals surface area contributed by atoms with Crippen molar-refractivity contribution in [3.05, 3.63) is 23.5 Å². The van der Waals surface area contributed by atoms with Crippen LogP contribution in [0.3, 0.4) is 0 Å². The Morgan fingerprint density at radius 1 is 1.29 bits per heavy atom. The second-order valence-electron chi connectivity index (χ2n) is 5.31. The van der Waals surface area contributed by atoms with Crippen molar-refractivity contribution in [2.24, 2.45) is 5.92 Å². The molecule has 0 bridgehead atoms. The van der Waals surface area contributed by atoms with Crippen molar-refractivity contribution < 1.29 is 5.11 Å². The molecule has 1 unspecified atom stereocenters. The van der Waals surface area contributed by atoms with Gasteiger partial charge in [0.05, 0.1) is 5.69 Å². The van der Waals surface area contributed by atoms with E-state index >= 15 is 0 Å². The van der Waals surface area contributed by atoms with E-state index in [-0.39, 0.29) is 0 Å². The van der Waals surface area contributed by atoms with Crippen LogP contribution in [0, 0.1) is 12.8 Å². The number of rotatable bonds is 5. The van der Waals surface area contributed by atoms with Crippen molar-refractivity contribution in [1.82, 2.24) is 9.88 Å². The standard InChI is InChI=1S/C14H24N2O/c1-10(2)8-12(4)16(5)9-13-14(17)7-6-11(3)15-13/h6-7,10,12,17H,8-9H2,1-5H3. The van der Waals surface area contributed by atoms with Crippen molar-refractivity contribution in [2.45, 2.75) is 46.7 Å². The summed E-state index contributed by atoms with van der Waals surface area (Å²) in [5.41, 5.74) is 1.71. The maximum absolute atomic E-state index is 9.76. The quantitative estimate of drug-likeness (QED) is 0.854. The van der Waals surface area contributed by atoms with Gasteiger partial charge in [-0.3, -0.25) is 9.88 Å². The van der Waals surface area contributed by atoms with Gasteiger partial charge in [-0.2, -0.15) is 0 Å². The first-order valence-corrected chi connectivity index (χ1v) is 6.26. The van der Waals surface area contributed by atoms with Crippen LogP contribution in [0.2, 0.25) is 0 Å². The molecule has 0 saturated carbocycles. The molecule has 1 heterocycles. The van der Waals surface area contributed by atoms with E-state index in [2.05, 4.69) is 37.7 Å². The Kier molecular flexibility index (Phi) is 4.94. The monoisotopic (exact) mass is 236 g/mol. The zero-order valence-corrected chi connectivity index (χ0v) is 11.6. The molecule has 0 fully saturated rings. The second kappa shape index (κ2) is 6.01. The fraction of sp³-hybridized carbons (Fsp3) is 0.643. The fourth-order valence-electron chi connectivity index (χ4n) is 1.97. The average Bonchev–Trinajstić information content (AvgIpc) is 2.22. The van der Waals surface area contributed by atoms with Gasteiger partial charge in [-0.25, -0.2) is 0 Å². The number of hydrogen-bond donors (Lipinski definition) is 1. The summed E-state index contributed by atoms with van der Waals surface area (Å²) in [6, 6.07) is 4.05.